The highest BCUT2D eigenvalue weighted by Gasteiger charge is 2.29. The number of hydrogen-bond acceptors (Lipinski definition) is 3. The Morgan fingerprint density at radius 1 is 1.11 bits per heavy atom. The van der Waals surface area contributed by atoms with Crippen LogP contribution in [0, 0.1) is 0 Å². The molecule has 0 fully saturated rings. The van der Waals surface area contributed by atoms with Crippen molar-refractivity contribution in [3.05, 3.63) is 88.7 Å². The zero-order chi connectivity index (χ0) is 18.6. The van der Waals surface area contributed by atoms with E-state index in [-0.39, 0.29) is 11.8 Å². The highest BCUT2D eigenvalue weighted by Crippen LogP contribution is 2.35. The highest BCUT2D eigenvalue weighted by molar-refractivity contribution is 7.99. The summed E-state index contributed by atoms with van der Waals surface area (Å²) in [5.74, 6) is 0.794. The lowest BCUT2D eigenvalue weighted by molar-refractivity contribution is -0.129. The third kappa shape index (κ3) is 3.65. The van der Waals surface area contributed by atoms with Crippen LogP contribution in [-0.4, -0.2) is 39.6 Å². The van der Waals surface area contributed by atoms with Crippen molar-refractivity contribution in [1.29, 1.82) is 0 Å². The Labute approximate surface area is 164 Å². The molecule has 3 aromatic rings. The molecule has 1 N–H and O–H groups in total. The topological polar surface area (TPSA) is 49.0 Å². The van der Waals surface area contributed by atoms with Gasteiger partial charge in [0.05, 0.1) is 17.4 Å². The second-order valence-electron chi connectivity index (χ2n) is 6.82. The fraction of sp³-hybridized carbons (Fsp3) is 0.273. The van der Waals surface area contributed by atoms with Crippen molar-refractivity contribution in [2.24, 2.45) is 0 Å². The van der Waals surface area contributed by atoms with Gasteiger partial charge in [-0.1, -0.05) is 60.7 Å². The lowest BCUT2D eigenvalue weighted by atomic mass is 9.85. The lowest BCUT2D eigenvalue weighted by Crippen LogP contribution is -2.37. The highest BCUT2D eigenvalue weighted by atomic mass is 32.2. The summed E-state index contributed by atoms with van der Waals surface area (Å²) in [5, 5.41) is 7.97. The molecule has 5 heteroatoms. The minimum absolute atomic E-state index is 0.0583. The molecule has 2 aromatic carbocycles. The van der Waals surface area contributed by atoms with Gasteiger partial charge in [0.25, 0.3) is 0 Å². The van der Waals surface area contributed by atoms with Gasteiger partial charge in [0.2, 0.25) is 5.91 Å². The Morgan fingerprint density at radius 3 is 2.33 bits per heavy atom. The van der Waals surface area contributed by atoms with Crippen molar-refractivity contribution in [3.8, 4) is 0 Å². The predicted octanol–water partition coefficient (Wildman–Crippen LogP) is 3.84. The molecule has 1 amide bonds. The molecule has 1 aliphatic heterocycles. The molecule has 27 heavy (non-hydrogen) atoms. The average molecular weight is 378 g/mol. The van der Waals surface area contributed by atoms with Gasteiger partial charge in [-0.2, -0.15) is 16.9 Å². The molecule has 0 atom stereocenters. The molecule has 0 unspecified atom stereocenters. The first-order chi connectivity index (χ1) is 13.3. The van der Waals surface area contributed by atoms with E-state index in [1.54, 1.807) is 11.8 Å². The number of fused-ring (bicyclic) bond motifs is 1. The van der Waals surface area contributed by atoms with Crippen molar-refractivity contribution in [3.63, 3.8) is 0 Å². The third-order valence-corrected chi connectivity index (χ3v) is 5.66. The van der Waals surface area contributed by atoms with E-state index in [9.17, 15) is 4.79 Å². The van der Waals surface area contributed by atoms with Crippen LogP contribution in [0.15, 0.2) is 60.7 Å². The molecule has 0 bridgehead atoms. The quantitative estimate of drug-likeness (QED) is 0.735. The summed E-state index contributed by atoms with van der Waals surface area (Å²) in [4.78, 5) is 14.4. The van der Waals surface area contributed by atoms with Gasteiger partial charge in [-0.05, 0) is 17.4 Å². The first-order valence-electron chi connectivity index (χ1n) is 9.20. The fourth-order valence-electron chi connectivity index (χ4n) is 3.78. The van der Waals surface area contributed by atoms with Crippen molar-refractivity contribution in [2.45, 2.75) is 18.9 Å². The normalized spacial score (nSPS) is 13.6. The second-order valence-corrected chi connectivity index (χ2v) is 7.68. The van der Waals surface area contributed by atoms with Crippen LogP contribution in [0.2, 0.25) is 0 Å². The number of rotatable bonds is 5. The number of hydrogen-bond donors (Lipinski definition) is 1. The molecule has 0 spiro atoms. The number of nitrogens with one attached hydrogen (secondary N) is 1. The van der Waals surface area contributed by atoms with Crippen LogP contribution >= 0.6 is 11.8 Å². The summed E-state index contributed by atoms with van der Waals surface area (Å²) < 4.78 is 0. The summed E-state index contributed by atoms with van der Waals surface area (Å²) in [6, 6.07) is 20.9. The van der Waals surface area contributed by atoms with Gasteiger partial charge in [0, 0.05) is 30.8 Å². The Bertz CT molecular complexity index is 868. The van der Waals surface area contributed by atoms with Crippen molar-refractivity contribution < 1.29 is 4.79 Å². The smallest absolute Gasteiger partial charge is 0.232 e. The maximum absolute atomic E-state index is 12.4. The molecule has 2 heterocycles. The maximum Gasteiger partial charge on any atom is 0.232 e. The number of H-pyrrole nitrogens is 1. The van der Waals surface area contributed by atoms with Gasteiger partial charge in [0.15, 0.2) is 0 Å². The number of carbonyl (C=O) groups excluding carboxylic acids is 1. The Kier molecular flexibility index (Phi) is 5.30. The largest absolute Gasteiger partial charge is 0.337 e. The molecule has 0 radical (unpaired) electrons. The van der Waals surface area contributed by atoms with Crippen LogP contribution in [0.3, 0.4) is 0 Å². The van der Waals surface area contributed by atoms with Gasteiger partial charge in [-0.15, -0.1) is 0 Å². The standard InChI is InChI=1S/C22H23N3OS/c1-27-15-20(26)25-13-12-19-18(14-25)22(24-23-19)21(16-8-4-2-5-9-16)17-10-6-3-7-11-17/h2-11,21H,12-15H2,1H3,(H,23,24). The number of amides is 1. The number of benzene rings is 2. The molecule has 1 aromatic heterocycles. The van der Waals surface area contributed by atoms with E-state index >= 15 is 0 Å². The molecule has 0 saturated heterocycles. The van der Waals surface area contributed by atoms with E-state index in [1.165, 1.54) is 16.7 Å². The first kappa shape index (κ1) is 17.9. The van der Waals surface area contributed by atoms with E-state index in [0.717, 1.165) is 24.4 Å². The maximum atomic E-state index is 12.4. The Hall–Kier alpha value is -2.53. The van der Waals surface area contributed by atoms with Crippen LogP contribution in [0.5, 0.6) is 0 Å². The first-order valence-corrected chi connectivity index (χ1v) is 10.6. The minimum atomic E-state index is 0.0583. The summed E-state index contributed by atoms with van der Waals surface area (Å²) in [6.07, 6.45) is 2.80. The molecule has 4 nitrogen and oxygen atoms in total. The van der Waals surface area contributed by atoms with E-state index in [4.69, 9.17) is 5.10 Å². The van der Waals surface area contributed by atoms with Gasteiger partial charge >= 0.3 is 0 Å². The zero-order valence-electron chi connectivity index (χ0n) is 15.4. The molecule has 4 rings (SSSR count). The van der Waals surface area contributed by atoms with Gasteiger partial charge in [-0.25, -0.2) is 0 Å². The van der Waals surface area contributed by atoms with Crippen LogP contribution in [0.4, 0.5) is 0 Å². The average Bonchev–Trinajstić information content (AvgIpc) is 3.13. The van der Waals surface area contributed by atoms with Gasteiger partial charge in [0.1, 0.15) is 0 Å². The number of nitrogens with zero attached hydrogens (tertiary/aromatic N) is 2. The second kappa shape index (κ2) is 8.01. The minimum Gasteiger partial charge on any atom is -0.337 e. The lowest BCUT2D eigenvalue weighted by Gasteiger charge is -2.28. The molecule has 1 aliphatic rings. The number of aromatic nitrogens is 2. The molecule has 0 saturated carbocycles. The van der Waals surface area contributed by atoms with Gasteiger partial charge < -0.3 is 4.90 Å². The van der Waals surface area contributed by atoms with Crippen molar-refractivity contribution >= 4 is 17.7 Å². The number of aromatic amines is 1. The van der Waals surface area contributed by atoms with Crippen LogP contribution < -0.4 is 0 Å². The predicted molar refractivity (Wildman–Crippen MR) is 110 cm³/mol. The van der Waals surface area contributed by atoms with Crippen LogP contribution in [0.1, 0.15) is 34.0 Å². The van der Waals surface area contributed by atoms with E-state index in [1.807, 2.05) is 23.3 Å². The third-order valence-electron chi connectivity index (χ3n) is 5.13. The van der Waals surface area contributed by atoms with Crippen molar-refractivity contribution in [2.75, 3.05) is 18.6 Å². The summed E-state index contributed by atoms with van der Waals surface area (Å²) >= 11 is 1.58. The number of carbonyl (C=O) groups is 1. The van der Waals surface area contributed by atoms with Crippen LogP contribution in [0.25, 0.3) is 0 Å². The fourth-order valence-corrected chi connectivity index (χ4v) is 4.21. The van der Waals surface area contributed by atoms with E-state index in [0.29, 0.717) is 12.3 Å². The zero-order valence-corrected chi connectivity index (χ0v) is 16.2. The Morgan fingerprint density at radius 2 is 1.74 bits per heavy atom. The number of thioether (sulfide) groups is 1. The summed E-state index contributed by atoms with van der Waals surface area (Å²) in [5.41, 5.74) is 5.80. The molecular formula is C22H23N3OS. The van der Waals surface area contributed by atoms with Crippen LogP contribution in [-0.2, 0) is 17.8 Å². The molecular weight excluding hydrogens is 354 g/mol. The molecule has 0 aliphatic carbocycles. The monoisotopic (exact) mass is 377 g/mol. The molecule has 138 valence electrons. The van der Waals surface area contributed by atoms with E-state index < -0.39 is 0 Å². The van der Waals surface area contributed by atoms with Gasteiger partial charge in [-0.3, -0.25) is 9.89 Å². The van der Waals surface area contributed by atoms with Crippen molar-refractivity contribution in [1.82, 2.24) is 15.1 Å². The van der Waals surface area contributed by atoms with E-state index in [2.05, 4.69) is 53.6 Å². The SMILES string of the molecule is CSCC(=O)N1CCc2[nH]nc(C(c3ccccc3)c3ccccc3)c2C1. The summed E-state index contributed by atoms with van der Waals surface area (Å²) in [7, 11) is 0. The summed E-state index contributed by atoms with van der Waals surface area (Å²) in [6.45, 7) is 1.39. The Balaban J connectivity index is 1.75.